The summed E-state index contributed by atoms with van der Waals surface area (Å²) < 4.78 is 40.7. The van der Waals surface area contributed by atoms with Crippen LogP contribution in [0.2, 0.25) is 0 Å². The molecule has 9 heteroatoms. The molecule has 0 saturated carbocycles. The van der Waals surface area contributed by atoms with Gasteiger partial charge in [0.25, 0.3) is 0 Å². The van der Waals surface area contributed by atoms with Gasteiger partial charge < -0.3 is 15.2 Å². The predicted molar refractivity (Wildman–Crippen MR) is 152 cm³/mol. The molecule has 1 aliphatic heterocycles. The third kappa shape index (κ3) is 5.06. The standard InChI is InChI=1S/C33H30F2N2O5/c1-3-41-32(39)27-22(19-11-6-5-7-12-19)18-25-28(30(27)38)26(20-13-10-14-21(34)17-20)29(33(40)42-4-2)31(36)37(25)24-16-9-8-15-23(24)35/h5-17,22,26-27H,3-4,18,36H2,1-2H3/t22-,26+,27+/m0/s1. The average Bonchev–Trinajstić information content (AvgIpc) is 2.97. The molecule has 216 valence electrons. The first kappa shape index (κ1) is 28.7. The number of ether oxygens (including phenoxy) is 2. The number of nitrogens with zero attached hydrogens (tertiary/aromatic N) is 1. The van der Waals surface area contributed by atoms with Crippen molar-refractivity contribution in [2.24, 2.45) is 11.7 Å². The molecule has 7 nitrogen and oxygen atoms in total. The molecule has 3 aromatic carbocycles. The molecule has 1 aliphatic carbocycles. The molecule has 42 heavy (non-hydrogen) atoms. The summed E-state index contributed by atoms with van der Waals surface area (Å²) in [6.45, 7) is 3.30. The third-order valence-corrected chi connectivity index (χ3v) is 7.58. The Morgan fingerprint density at radius 3 is 2.24 bits per heavy atom. The minimum atomic E-state index is -1.27. The number of rotatable bonds is 7. The molecule has 0 saturated heterocycles. The number of ketones is 1. The Kier molecular flexibility index (Phi) is 8.20. The lowest BCUT2D eigenvalue weighted by Gasteiger charge is -2.44. The summed E-state index contributed by atoms with van der Waals surface area (Å²) in [5.74, 6) is -6.71. The van der Waals surface area contributed by atoms with Gasteiger partial charge in [-0.15, -0.1) is 0 Å². The van der Waals surface area contributed by atoms with E-state index in [0.29, 0.717) is 11.3 Å². The van der Waals surface area contributed by atoms with Gasteiger partial charge in [-0.1, -0.05) is 54.6 Å². The average molecular weight is 573 g/mol. The molecule has 0 unspecified atom stereocenters. The number of carbonyl (C=O) groups excluding carboxylic acids is 3. The second-order valence-corrected chi connectivity index (χ2v) is 9.97. The molecular weight excluding hydrogens is 542 g/mol. The monoisotopic (exact) mass is 572 g/mol. The summed E-state index contributed by atoms with van der Waals surface area (Å²) in [5, 5.41) is 0. The summed E-state index contributed by atoms with van der Waals surface area (Å²) in [7, 11) is 0. The van der Waals surface area contributed by atoms with E-state index in [1.165, 1.54) is 41.3 Å². The first-order valence-corrected chi connectivity index (χ1v) is 13.7. The van der Waals surface area contributed by atoms with Crippen LogP contribution in [0.5, 0.6) is 0 Å². The first-order valence-electron chi connectivity index (χ1n) is 13.7. The van der Waals surface area contributed by atoms with Crippen LogP contribution >= 0.6 is 0 Å². The van der Waals surface area contributed by atoms with Gasteiger partial charge in [-0.2, -0.15) is 0 Å². The number of carbonyl (C=O) groups is 3. The van der Waals surface area contributed by atoms with E-state index in [0.717, 1.165) is 0 Å². The maximum absolute atomic E-state index is 15.4. The molecule has 3 aromatic rings. The maximum Gasteiger partial charge on any atom is 0.338 e. The van der Waals surface area contributed by atoms with Crippen LogP contribution in [0, 0.1) is 17.6 Å². The highest BCUT2D eigenvalue weighted by Crippen LogP contribution is 2.51. The van der Waals surface area contributed by atoms with Crippen molar-refractivity contribution in [2.45, 2.75) is 32.1 Å². The topological polar surface area (TPSA) is 98.9 Å². The van der Waals surface area contributed by atoms with Gasteiger partial charge in [-0.25, -0.2) is 13.6 Å². The van der Waals surface area contributed by atoms with Gasteiger partial charge in [0.05, 0.1) is 30.4 Å². The van der Waals surface area contributed by atoms with Crippen molar-refractivity contribution in [2.75, 3.05) is 18.1 Å². The van der Waals surface area contributed by atoms with E-state index in [1.54, 1.807) is 50.2 Å². The summed E-state index contributed by atoms with van der Waals surface area (Å²) >= 11 is 0. The summed E-state index contributed by atoms with van der Waals surface area (Å²) in [6, 6.07) is 20.3. The third-order valence-electron chi connectivity index (χ3n) is 7.58. The second kappa shape index (κ2) is 12.0. The van der Waals surface area contributed by atoms with Gasteiger partial charge in [-0.3, -0.25) is 14.5 Å². The van der Waals surface area contributed by atoms with Gasteiger partial charge >= 0.3 is 11.9 Å². The molecule has 0 fully saturated rings. The Morgan fingerprint density at radius 2 is 1.57 bits per heavy atom. The summed E-state index contributed by atoms with van der Waals surface area (Å²) in [5.41, 5.74) is 7.86. The van der Waals surface area contributed by atoms with E-state index in [4.69, 9.17) is 15.2 Å². The fourth-order valence-corrected chi connectivity index (χ4v) is 5.88. The number of hydrogen-bond donors (Lipinski definition) is 1. The van der Waals surface area contributed by atoms with Crippen molar-refractivity contribution in [1.82, 2.24) is 0 Å². The largest absolute Gasteiger partial charge is 0.465 e. The zero-order valence-electron chi connectivity index (χ0n) is 23.2. The van der Waals surface area contributed by atoms with Gasteiger partial charge in [0, 0.05) is 17.2 Å². The van der Waals surface area contributed by atoms with Crippen molar-refractivity contribution in [3.63, 3.8) is 0 Å². The predicted octanol–water partition coefficient (Wildman–Crippen LogP) is 5.49. The highest BCUT2D eigenvalue weighted by atomic mass is 19.1. The van der Waals surface area contributed by atoms with E-state index in [2.05, 4.69) is 0 Å². The van der Waals surface area contributed by atoms with Crippen LogP contribution in [0.4, 0.5) is 14.5 Å². The minimum Gasteiger partial charge on any atom is -0.465 e. The van der Waals surface area contributed by atoms with Gasteiger partial charge in [0.15, 0.2) is 5.78 Å². The lowest BCUT2D eigenvalue weighted by Crippen LogP contribution is -2.46. The molecule has 2 N–H and O–H groups in total. The quantitative estimate of drug-likeness (QED) is 0.295. The summed E-state index contributed by atoms with van der Waals surface area (Å²) in [4.78, 5) is 42.9. The van der Waals surface area contributed by atoms with E-state index in [1.807, 2.05) is 6.07 Å². The van der Waals surface area contributed by atoms with Gasteiger partial charge in [0.1, 0.15) is 23.4 Å². The van der Waals surface area contributed by atoms with Crippen LogP contribution in [0.3, 0.4) is 0 Å². The Bertz CT molecular complexity index is 1600. The molecule has 3 atom stereocenters. The highest BCUT2D eigenvalue weighted by Gasteiger charge is 2.51. The molecule has 0 spiro atoms. The van der Waals surface area contributed by atoms with Crippen LogP contribution in [-0.2, 0) is 23.9 Å². The molecule has 0 aromatic heterocycles. The van der Waals surface area contributed by atoms with E-state index in [9.17, 15) is 18.8 Å². The van der Waals surface area contributed by atoms with E-state index < -0.39 is 47.1 Å². The Hall–Kier alpha value is -4.79. The highest BCUT2D eigenvalue weighted by molar-refractivity contribution is 6.14. The molecular formula is C33H30F2N2O5. The number of anilines is 1. The Morgan fingerprint density at radius 1 is 0.905 bits per heavy atom. The number of Topliss-reactive ketones (excluding diaryl/α,β-unsaturated/α-hetero) is 1. The van der Waals surface area contributed by atoms with Crippen LogP contribution in [0.15, 0.2) is 102 Å². The van der Waals surface area contributed by atoms with E-state index in [-0.39, 0.29) is 47.9 Å². The minimum absolute atomic E-state index is 0.00738. The number of nitrogens with two attached hydrogens (primary N) is 1. The molecule has 5 rings (SSSR count). The fraction of sp³-hybridized carbons (Fsp3) is 0.242. The smallest absolute Gasteiger partial charge is 0.338 e. The molecule has 1 heterocycles. The van der Waals surface area contributed by atoms with Crippen LogP contribution in [-0.4, -0.2) is 30.9 Å². The number of esters is 2. The molecule has 0 radical (unpaired) electrons. The lowest BCUT2D eigenvalue weighted by molar-refractivity contribution is -0.152. The SMILES string of the molecule is CCOC(=O)C1=C(N)N(c2ccccc2F)C2=C(C(=O)[C@H](C(=O)OCC)[C@H](c3ccccc3)C2)[C@H]1c1cccc(F)c1. The van der Waals surface area contributed by atoms with Crippen LogP contribution < -0.4 is 10.6 Å². The van der Waals surface area contributed by atoms with Crippen molar-refractivity contribution >= 4 is 23.4 Å². The maximum atomic E-state index is 15.4. The zero-order chi connectivity index (χ0) is 30.0. The Balaban J connectivity index is 1.84. The van der Waals surface area contributed by atoms with E-state index >= 15 is 4.39 Å². The first-order chi connectivity index (χ1) is 20.3. The Labute approximate surface area is 242 Å². The molecule has 0 amide bonds. The normalized spacial score (nSPS) is 20.3. The molecule has 2 aliphatic rings. The lowest BCUT2D eigenvalue weighted by atomic mass is 9.67. The van der Waals surface area contributed by atoms with Gasteiger partial charge in [0.2, 0.25) is 0 Å². The van der Waals surface area contributed by atoms with Crippen LogP contribution in [0.25, 0.3) is 0 Å². The van der Waals surface area contributed by atoms with Crippen molar-refractivity contribution in [3.05, 3.63) is 124 Å². The van der Waals surface area contributed by atoms with Crippen molar-refractivity contribution in [1.29, 1.82) is 0 Å². The number of hydrogen-bond acceptors (Lipinski definition) is 7. The fourth-order valence-electron chi connectivity index (χ4n) is 5.88. The van der Waals surface area contributed by atoms with Gasteiger partial charge in [-0.05, 0) is 55.7 Å². The number of para-hydroxylation sites is 1. The number of benzene rings is 3. The number of halogens is 2. The van der Waals surface area contributed by atoms with Crippen molar-refractivity contribution < 1.29 is 32.6 Å². The van der Waals surface area contributed by atoms with Crippen LogP contribution in [0.1, 0.15) is 43.2 Å². The van der Waals surface area contributed by atoms with Crippen molar-refractivity contribution in [3.8, 4) is 0 Å². The molecule has 0 bridgehead atoms. The zero-order valence-corrected chi connectivity index (χ0v) is 23.2. The summed E-state index contributed by atoms with van der Waals surface area (Å²) in [6.07, 6.45) is 0.0749. The number of allylic oxidation sites excluding steroid dienone is 2. The second-order valence-electron chi connectivity index (χ2n) is 9.97.